The van der Waals surface area contributed by atoms with Gasteiger partial charge in [-0.1, -0.05) is 11.3 Å². The van der Waals surface area contributed by atoms with Gasteiger partial charge in [0, 0.05) is 43.2 Å². The van der Waals surface area contributed by atoms with Crippen molar-refractivity contribution in [3.8, 4) is 23.1 Å². The van der Waals surface area contributed by atoms with Crippen LogP contribution in [-0.4, -0.2) is 45.2 Å². The first-order valence-corrected chi connectivity index (χ1v) is 10.8. The van der Waals surface area contributed by atoms with E-state index in [2.05, 4.69) is 38.8 Å². The highest BCUT2D eigenvalue weighted by Gasteiger charge is 2.41. The summed E-state index contributed by atoms with van der Waals surface area (Å²) in [4.78, 5) is 7.02. The maximum Gasteiger partial charge on any atom is 0.144 e. The molecule has 0 amide bonds. The number of anilines is 2. The van der Waals surface area contributed by atoms with E-state index in [9.17, 15) is 5.26 Å². The van der Waals surface area contributed by atoms with Crippen LogP contribution in [0.1, 0.15) is 23.7 Å². The van der Waals surface area contributed by atoms with Gasteiger partial charge in [-0.3, -0.25) is 10.4 Å². The number of ether oxygens (including phenoxy) is 1. The Bertz CT molecular complexity index is 1280. The first kappa shape index (κ1) is 20.8. The molecule has 0 spiro atoms. The number of aryl methyl sites for hydroxylation is 2. The van der Waals surface area contributed by atoms with E-state index in [1.54, 1.807) is 18.0 Å². The molecule has 9 heteroatoms. The SMILES string of the molecule is COc1cc(-c2cnnn2C)ccc1NN1C=Cc2cc(C)nc(N3CC(C)(C#N)C3)c2C1. The Labute approximate surface area is 192 Å². The first-order chi connectivity index (χ1) is 15.9. The summed E-state index contributed by atoms with van der Waals surface area (Å²) in [5, 5.41) is 19.4. The normalized spacial score (nSPS) is 16.1. The van der Waals surface area contributed by atoms with Crippen LogP contribution in [0.25, 0.3) is 17.3 Å². The Morgan fingerprint density at radius 3 is 2.76 bits per heavy atom. The Balaban J connectivity index is 1.39. The average molecular weight is 443 g/mol. The minimum absolute atomic E-state index is 0.306. The van der Waals surface area contributed by atoms with Crippen molar-refractivity contribution in [2.24, 2.45) is 12.5 Å². The van der Waals surface area contributed by atoms with Crippen LogP contribution in [0.2, 0.25) is 0 Å². The molecule has 1 N–H and O–H groups in total. The maximum absolute atomic E-state index is 9.41. The second kappa shape index (κ2) is 7.81. The number of benzene rings is 1. The lowest BCUT2D eigenvalue weighted by atomic mass is 9.83. The lowest BCUT2D eigenvalue weighted by molar-refractivity contribution is 0.331. The molecule has 1 saturated heterocycles. The van der Waals surface area contributed by atoms with Gasteiger partial charge in [0.15, 0.2) is 0 Å². The number of fused-ring (bicyclic) bond motifs is 1. The minimum Gasteiger partial charge on any atom is -0.494 e. The number of rotatable bonds is 5. The molecule has 2 aliphatic heterocycles. The topological polar surface area (TPSA) is 95.1 Å². The molecule has 0 bridgehead atoms. The van der Waals surface area contributed by atoms with Crippen molar-refractivity contribution in [2.45, 2.75) is 20.4 Å². The molecule has 1 fully saturated rings. The van der Waals surface area contributed by atoms with Gasteiger partial charge in [0.1, 0.15) is 11.6 Å². The molecule has 0 saturated carbocycles. The molecule has 2 aromatic heterocycles. The van der Waals surface area contributed by atoms with Crippen molar-refractivity contribution in [3.05, 3.63) is 53.5 Å². The van der Waals surface area contributed by atoms with Crippen LogP contribution in [0.3, 0.4) is 0 Å². The summed E-state index contributed by atoms with van der Waals surface area (Å²) in [6.07, 6.45) is 5.85. The van der Waals surface area contributed by atoms with E-state index < -0.39 is 0 Å². The van der Waals surface area contributed by atoms with Gasteiger partial charge in [0.05, 0.1) is 42.7 Å². The highest BCUT2D eigenvalue weighted by Crippen LogP contribution is 2.38. The third-order valence-electron chi connectivity index (χ3n) is 6.15. The molecule has 168 valence electrons. The van der Waals surface area contributed by atoms with Gasteiger partial charge in [-0.15, -0.1) is 5.10 Å². The number of hydrogen-bond donors (Lipinski definition) is 1. The average Bonchev–Trinajstić information content (AvgIpc) is 3.22. The fourth-order valence-corrected chi connectivity index (χ4v) is 4.42. The lowest BCUT2D eigenvalue weighted by Crippen LogP contribution is -2.55. The maximum atomic E-state index is 9.41. The van der Waals surface area contributed by atoms with E-state index in [1.165, 1.54) is 0 Å². The van der Waals surface area contributed by atoms with Gasteiger partial charge in [0.25, 0.3) is 0 Å². The molecule has 3 aromatic rings. The highest BCUT2D eigenvalue weighted by molar-refractivity contribution is 5.70. The summed E-state index contributed by atoms with van der Waals surface area (Å²) in [5.41, 5.74) is 9.17. The van der Waals surface area contributed by atoms with Crippen molar-refractivity contribution in [1.82, 2.24) is 25.0 Å². The fraction of sp³-hybridized carbons (Fsp3) is 0.333. The van der Waals surface area contributed by atoms with Crippen molar-refractivity contribution >= 4 is 17.6 Å². The molecular formula is C24H26N8O. The van der Waals surface area contributed by atoms with E-state index >= 15 is 0 Å². The molecular weight excluding hydrogens is 416 g/mol. The van der Waals surface area contributed by atoms with Crippen molar-refractivity contribution < 1.29 is 4.74 Å². The second-order valence-corrected chi connectivity index (χ2v) is 8.90. The molecule has 33 heavy (non-hydrogen) atoms. The second-order valence-electron chi connectivity index (χ2n) is 8.90. The summed E-state index contributed by atoms with van der Waals surface area (Å²) in [6, 6.07) is 10.5. The summed E-state index contributed by atoms with van der Waals surface area (Å²) >= 11 is 0. The first-order valence-electron chi connectivity index (χ1n) is 10.8. The monoisotopic (exact) mass is 442 g/mol. The van der Waals surface area contributed by atoms with Crippen molar-refractivity contribution in [1.29, 1.82) is 5.26 Å². The molecule has 0 radical (unpaired) electrons. The summed E-state index contributed by atoms with van der Waals surface area (Å²) in [5.74, 6) is 1.68. The van der Waals surface area contributed by atoms with Crippen LogP contribution in [0.4, 0.5) is 11.5 Å². The van der Waals surface area contributed by atoms with Crippen molar-refractivity contribution in [2.75, 3.05) is 30.5 Å². The Kier molecular flexibility index (Phi) is 4.93. The quantitative estimate of drug-likeness (QED) is 0.643. The van der Waals surface area contributed by atoms with Gasteiger partial charge in [0.2, 0.25) is 0 Å². The van der Waals surface area contributed by atoms with Gasteiger partial charge >= 0.3 is 0 Å². The summed E-state index contributed by atoms with van der Waals surface area (Å²) in [7, 11) is 3.52. The molecule has 2 aliphatic rings. The van der Waals surface area contributed by atoms with E-state index in [0.717, 1.165) is 45.3 Å². The number of hydrogen-bond acceptors (Lipinski definition) is 8. The van der Waals surface area contributed by atoms with Crippen molar-refractivity contribution in [3.63, 3.8) is 0 Å². The number of pyridine rings is 1. The third kappa shape index (κ3) is 3.74. The number of aromatic nitrogens is 4. The highest BCUT2D eigenvalue weighted by atomic mass is 16.5. The molecule has 0 aliphatic carbocycles. The third-order valence-corrected chi connectivity index (χ3v) is 6.15. The lowest BCUT2D eigenvalue weighted by Gasteiger charge is -2.45. The van der Waals surface area contributed by atoms with E-state index in [-0.39, 0.29) is 5.41 Å². The van der Waals surface area contributed by atoms with Gasteiger partial charge in [-0.25, -0.2) is 9.67 Å². The molecule has 0 atom stereocenters. The van der Waals surface area contributed by atoms with Crippen LogP contribution in [0.5, 0.6) is 5.75 Å². The van der Waals surface area contributed by atoms with E-state index in [1.807, 2.05) is 50.3 Å². The predicted octanol–water partition coefficient (Wildman–Crippen LogP) is 3.36. The number of nitrogens with zero attached hydrogens (tertiary/aromatic N) is 7. The zero-order chi connectivity index (χ0) is 23.2. The Morgan fingerprint density at radius 2 is 2.06 bits per heavy atom. The van der Waals surface area contributed by atoms with Gasteiger partial charge in [-0.2, -0.15) is 5.26 Å². The van der Waals surface area contributed by atoms with E-state index in [4.69, 9.17) is 9.72 Å². The molecule has 9 nitrogen and oxygen atoms in total. The van der Waals surface area contributed by atoms with E-state index in [0.29, 0.717) is 19.6 Å². The fourth-order valence-electron chi connectivity index (χ4n) is 4.42. The molecule has 5 rings (SSSR count). The largest absolute Gasteiger partial charge is 0.494 e. The summed E-state index contributed by atoms with van der Waals surface area (Å²) in [6.45, 7) is 6.04. The minimum atomic E-state index is -0.306. The summed E-state index contributed by atoms with van der Waals surface area (Å²) < 4.78 is 7.39. The van der Waals surface area contributed by atoms with Gasteiger partial charge in [-0.05, 0) is 43.7 Å². The van der Waals surface area contributed by atoms with Crippen LogP contribution >= 0.6 is 0 Å². The molecule has 0 unspecified atom stereocenters. The number of nitriles is 1. The predicted molar refractivity (Wildman–Crippen MR) is 126 cm³/mol. The molecule has 1 aromatic carbocycles. The zero-order valence-corrected chi connectivity index (χ0v) is 19.2. The smallest absolute Gasteiger partial charge is 0.144 e. The Morgan fingerprint density at radius 1 is 1.24 bits per heavy atom. The Hall–Kier alpha value is -4.06. The van der Waals surface area contributed by atoms with Crippen LogP contribution in [0, 0.1) is 23.7 Å². The van der Waals surface area contributed by atoms with Crippen LogP contribution in [-0.2, 0) is 13.6 Å². The molecule has 4 heterocycles. The van der Waals surface area contributed by atoms with Crippen LogP contribution in [0.15, 0.2) is 36.7 Å². The number of hydrazine groups is 1. The number of nitrogens with one attached hydrogen (secondary N) is 1. The number of methoxy groups -OCH3 is 1. The zero-order valence-electron chi connectivity index (χ0n) is 19.2. The van der Waals surface area contributed by atoms with Gasteiger partial charge < -0.3 is 9.64 Å². The standard InChI is InChI=1S/C24H26N8O/c1-16-9-17-7-8-32(12-19(17)23(27-16)31-14-24(2,13-25)15-31)28-20-6-5-18(10-22(20)33-4)21-11-26-29-30(21)3/h5-11,28H,12,14-15H2,1-4H3. The van der Waals surface area contributed by atoms with Crippen LogP contribution < -0.4 is 15.1 Å².